The normalized spacial score (nSPS) is 20.1. The predicted molar refractivity (Wildman–Crippen MR) is 125 cm³/mol. The lowest BCUT2D eigenvalue weighted by Gasteiger charge is -2.33. The molecule has 0 bridgehead atoms. The molecule has 1 amide bonds. The number of amides is 1. The maximum absolute atomic E-state index is 13.2. The summed E-state index contributed by atoms with van der Waals surface area (Å²) >= 11 is 0. The molecule has 1 aromatic carbocycles. The Morgan fingerprint density at radius 3 is 2.12 bits per heavy atom. The largest absolute Gasteiger partial charge is 0.325 e. The van der Waals surface area contributed by atoms with Crippen molar-refractivity contribution in [3.05, 3.63) is 23.8 Å². The molecule has 11 heteroatoms. The third kappa shape index (κ3) is 6.07. The number of rotatable bonds is 7. The number of nitrogens with zero attached hydrogens (tertiary/aromatic N) is 3. The van der Waals surface area contributed by atoms with Gasteiger partial charge in [-0.25, -0.2) is 16.8 Å². The van der Waals surface area contributed by atoms with Crippen molar-refractivity contribution >= 4 is 31.6 Å². The Hall–Kier alpha value is -1.53. The van der Waals surface area contributed by atoms with E-state index in [9.17, 15) is 21.6 Å². The van der Waals surface area contributed by atoms with E-state index in [4.69, 9.17) is 0 Å². The fourth-order valence-corrected chi connectivity index (χ4v) is 6.98. The van der Waals surface area contributed by atoms with E-state index < -0.39 is 20.0 Å². The lowest BCUT2D eigenvalue weighted by atomic mass is 10.2. The van der Waals surface area contributed by atoms with Crippen LogP contribution in [0.15, 0.2) is 23.1 Å². The Morgan fingerprint density at radius 2 is 1.53 bits per heavy atom. The van der Waals surface area contributed by atoms with Crippen LogP contribution in [0.25, 0.3) is 0 Å². The van der Waals surface area contributed by atoms with Crippen molar-refractivity contribution in [2.45, 2.75) is 44.4 Å². The number of anilines is 1. The highest BCUT2D eigenvalue weighted by Crippen LogP contribution is 2.26. The smallest absolute Gasteiger partial charge is 0.243 e. The maximum Gasteiger partial charge on any atom is 0.243 e. The molecule has 0 atom stereocenters. The first-order valence-electron chi connectivity index (χ1n) is 11.2. The fraction of sp³-hybridized carbons (Fsp3) is 0.667. The Balaban J connectivity index is 1.63. The number of sulfonamides is 2. The van der Waals surface area contributed by atoms with Gasteiger partial charge in [0.15, 0.2) is 0 Å². The van der Waals surface area contributed by atoms with Crippen molar-refractivity contribution in [3.8, 4) is 0 Å². The number of hydrogen-bond donors (Lipinski definition) is 1. The van der Waals surface area contributed by atoms with Gasteiger partial charge in [0.25, 0.3) is 0 Å². The first-order chi connectivity index (χ1) is 15.1. The first kappa shape index (κ1) is 25.1. The molecular weight excluding hydrogens is 452 g/mol. The molecule has 2 aliphatic heterocycles. The standard InChI is InChI=1S/C21H34N4O5S2/c1-3-31(27,28)24-14-12-23(13-15-24)17-21(26)22-19-9-8-18(2)20(16-19)32(29,30)25-10-6-4-5-7-11-25/h8-9,16H,3-7,10-15,17H2,1-2H3,(H,22,26). The first-order valence-corrected chi connectivity index (χ1v) is 14.3. The number of carbonyl (C=O) groups excluding carboxylic acids is 1. The van der Waals surface area contributed by atoms with Crippen LogP contribution in [0.5, 0.6) is 0 Å². The summed E-state index contributed by atoms with van der Waals surface area (Å²) in [6.45, 7) is 6.26. The third-order valence-electron chi connectivity index (χ3n) is 6.11. The molecule has 0 radical (unpaired) electrons. The van der Waals surface area contributed by atoms with Crippen LogP contribution in [0.2, 0.25) is 0 Å². The van der Waals surface area contributed by atoms with Crippen molar-refractivity contribution in [2.24, 2.45) is 0 Å². The summed E-state index contributed by atoms with van der Waals surface area (Å²) < 4.78 is 53.4. The number of aryl methyl sites for hydroxylation is 1. The zero-order chi connectivity index (χ0) is 23.4. The van der Waals surface area contributed by atoms with E-state index >= 15 is 0 Å². The van der Waals surface area contributed by atoms with Crippen LogP contribution in [0.1, 0.15) is 38.2 Å². The van der Waals surface area contributed by atoms with Gasteiger partial charge < -0.3 is 5.32 Å². The summed E-state index contributed by atoms with van der Waals surface area (Å²) in [5.74, 6) is -0.178. The van der Waals surface area contributed by atoms with Gasteiger partial charge in [0.2, 0.25) is 26.0 Å². The molecule has 1 N–H and O–H groups in total. The van der Waals surface area contributed by atoms with Crippen LogP contribution in [0, 0.1) is 6.92 Å². The molecule has 0 spiro atoms. The molecule has 2 aliphatic rings. The molecule has 2 saturated heterocycles. The minimum absolute atomic E-state index is 0.0730. The van der Waals surface area contributed by atoms with Gasteiger partial charge >= 0.3 is 0 Å². The minimum atomic E-state index is -3.62. The van der Waals surface area contributed by atoms with Gasteiger partial charge in [0.1, 0.15) is 0 Å². The van der Waals surface area contributed by atoms with E-state index in [0.29, 0.717) is 50.5 Å². The highest BCUT2D eigenvalue weighted by molar-refractivity contribution is 7.89. The van der Waals surface area contributed by atoms with Gasteiger partial charge in [-0.15, -0.1) is 0 Å². The Bertz CT molecular complexity index is 1010. The number of nitrogens with one attached hydrogen (secondary N) is 1. The highest BCUT2D eigenvalue weighted by atomic mass is 32.2. The molecule has 9 nitrogen and oxygen atoms in total. The average Bonchev–Trinajstić information content (AvgIpc) is 3.05. The van der Waals surface area contributed by atoms with Gasteiger partial charge in [-0.05, 0) is 44.4 Å². The number of benzene rings is 1. The van der Waals surface area contributed by atoms with Gasteiger partial charge in [-0.2, -0.15) is 8.61 Å². The van der Waals surface area contributed by atoms with E-state index in [-0.39, 0.29) is 23.1 Å². The van der Waals surface area contributed by atoms with E-state index in [1.165, 1.54) is 4.31 Å². The van der Waals surface area contributed by atoms with Gasteiger partial charge in [0.05, 0.1) is 17.2 Å². The van der Waals surface area contributed by atoms with Crippen LogP contribution in [0.3, 0.4) is 0 Å². The second kappa shape index (κ2) is 10.6. The number of piperazine rings is 1. The molecule has 0 unspecified atom stereocenters. The SMILES string of the molecule is CCS(=O)(=O)N1CCN(CC(=O)Nc2ccc(C)c(S(=O)(=O)N3CCCCCC3)c2)CC1. The van der Waals surface area contributed by atoms with Crippen LogP contribution in [-0.4, -0.2) is 87.8 Å². The molecule has 0 saturated carbocycles. The lowest BCUT2D eigenvalue weighted by molar-refractivity contribution is -0.117. The zero-order valence-corrected chi connectivity index (χ0v) is 20.5. The van der Waals surface area contributed by atoms with E-state index in [2.05, 4.69) is 5.32 Å². The molecule has 0 aliphatic carbocycles. The summed E-state index contributed by atoms with van der Waals surface area (Å²) in [5, 5.41) is 2.80. The predicted octanol–water partition coefficient (Wildman–Crippen LogP) is 1.47. The Morgan fingerprint density at radius 1 is 0.906 bits per heavy atom. The summed E-state index contributed by atoms with van der Waals surface area (Å²) in [5.41, 5.74) is 1.10. The topological polar surface area (TPSA) is 107 Å². The van der Waals surface area contributed by atoms with Gasteiger partial charge in [0, 0.05) is 45.0 Å². The average molecular weight is 487 g/mol. The van der Waals surface area contributed by atoms with Crippen molar-refractivity contribution in [1.82, 2.24) is 13.5 Å². The van der Waals surface area contributed by atoms with Crippen molar-refractivity contribution in [3.63, 3.8) is 0 Å². The summed E-state index contributed by atoms with van der Waals surface area (Å²) in [4.78, 5) is 14.7. The lowest BCUT2D eigenvalue weighted by Crippen LogP contribution is -2.50. The molecular formula is C21H34N4O5S2. The summed E-state index contributed by atoms with van der Waals surface area (Å²) in [6, 6.07) is 4.97. The molecule has 0 aromatic heterocycles. The number of carbonyl (C=O) groups is 1. The van der Waals surface area contributed by atoms with Crippen molar-refractivity contribution < 1.29 is 21.6 Å². The Labute approximate surface area is 191 Å². The van der Waals surface area contributed by atoms with E-state index in [1.54, 1.807) is 36.4 Å². The molecule has 1 aromatic rings. The molecule has 2 fully saturated rings. The molecule has 2 heterocycles. The third-order valence-corrected chi connectivity index (χ3v) is 10.0. The van der Waals surface area contributed by atoms with Crippen LogP contribution < -0.4 is 5.32 Å². The van der Waals surface area contributed by atoms with Crippen LogP contribution in [-0.2, 0) is 24.8 Å². The summed E-state index contributed by atoms with van der Waals surface area (Å²) in [7, 11) is -6.83. The maximum atomic E-state index is 13.2. The molecule has 32 heavy (non-hydrogen) atoms. The van der Waals surface area contributed by atoms with E-state index in [0.717, 1.165) is 25.7 Å². The van der Waals surface area contributed by atoms with Gasteiger partial charge in [-0.1, -0.05) is 18.9 Å². The van der Waals surface area contributed by atoms with Crippen molar-refractivity contribution in [1.29, 1.82) is 0 Å². The molecule has 3 rings (SSSR count). The number of hydrogen-bond acceptors (Lipinski definition) is 6. The second-order valence-corrected chi connectivity index (χ2v) is 12.6. The van der Waals surface area contributed by atoms with Crippen LogP contribution >= 0.6 is 0 Å². The fourth-order valence-electron chi connectivity index (χ4n) is 4.13. The monoisotopic (exact) mass is 486 g/mol. The highest BCUT2D eigenvalue weighted by Gasteiger charge is 2.28. The summed E-state index contributed by atoms with van der Waals surface area (Å²) in [6.07, 6.45) is 3.81. The quantitative estimate of drug-likeness (QED) is 0.625. The Kier molecular flexibility index (Phi) is 8.31. The minimum Gasteiger partial charge on any atom is -0.325 e. The van der Waals surface area contributed by atoms with Crippen molar-refractivity contribution in [2.75, 3.05) is 56.9 Å². The zero-order valence-electron chi connectivity index (χ0n) is 18.9. The van der Waals surface area contributed by atoms with Gasteiger partial charge in [-0.3, -0.25) is 9.69 Å². The second-order valence-electron chi connectivity index (χ2n) is 8.42. The molecule has 180 valence electrons. The van der Waals surface area contributed by atoms with Crippen LogP contribution in [0.4, 0.5) is 5.69 Å². The van der Waals surface area contributed by atoms with E-state index in [1.807, 2.05) is 4.90 Å².